The molecule has 5 N–H and O–H groups in total. The molecule has 324 valence electrons. The zero-order valence-corrected chi connectivity index (χ0v) is 34.3. The van der Waals surface area contributed by atoms with Gasteiger partial charge in [-0.05, 0) is 64.2 Å². The van der Waals surface area contributed by atoms with E-state index in [4.69, 9.17) is 9.47 Å². The van der Waals surface area contributed by atoms with Crippen LogP contribution >= 0.6 is 0 Å². The first-order valence-corrected chi connectivity index (χ1v) is 20.4. The number of oxime groups is 1. The van der Waals surface area contributed by atoms with E-state index in [0.29, 0.717) is 5.75 Å². The van der Waals surface area contributed by atoms with Crippen LogP contribution in [0.3, 0.4) is 0 Å². The Morgan fingerprint density at radius 1 is 0.688 bits per heavy atom. The fourth-order valence-electron chi connectivity index (χ4n) is 7.69. The van der Waals surface area contributed by atoms with Crippen LogP contribution in [0.2, 0.25) is 0 Å². The van der Waals surface area contributed by atoms with Crippen molar-refractivity contribution in [3.8, 4) is 11.5 Å². The molecule has 6 aromatic carbocycles. The summed E-state index contributed by atoms with van der Waals surface area (Å²) in [5, 5.41) is 39.5. The number of ether oxygens (including phenoxy) is 2. The lowest BCUT2D eigenvalue weighted by molar-refractivity contribution is -0.160. The van der Waals surface area contributed by atoms with Crippen LogP contribution < -0.4 is 20.1 Å². The molecule has 1 aliphatic rings. The van der Waals surface area contributed by atoms with Crippen LogP contribution in [0.1, 0.15) is 45.8 Å². The molecule has 2 amide bonds. The maximum Gasteiger partial charge on any atom is 0.331 e. The van der Waals surface area contributed by atoms with Crippen molar-refractivity contribution in [1.29, 1.82) is 0 Å². The molecular weight excluding hydrogens is 817 g/mol. The number of carbonyl (C=O) groups excluding carboxylic acids is 3. The Morgan fingerprint density at radius 3 is 1.69 bits per heavy atom. The molecule has 14 nitrogen and oxygen atoms in total. The quantitative estimate of drug-likeness (QED) is 0.0122. The molecule has 14 heteroatoms. The summed E-state index contributed by atoms with van der Waals surface area (Å²) in [6.45, 7) is -0.140. The second-order valence-corrected chi connectivity index (χ2v) is 15.0. The lowest BCUT2D eigenvalue weighted by Crippen LogP contribution is -2.66. The van der Waals surface area contributed by atoms with Gasteiger partial charge in [0.15, 0.2) is 11.8 Å². The van der Waals surface area contributed by atoms with Gasteiger partial charge in [0.1, 0.15) is 23.6 Å². The number of β-lactam (4-membered cyclic amide) rings is 1. The number of hydrogen-bond donors (Lipinski definition) is 5. The van der Waals surface area contributed by atoms with Gasteiger partial charge in [0, 0.05) is 12.0 Å². The minimum atomic E-state index is -1.38. The van der Waals surface area contributed by atoms with Crippen LogP contribution in [0.15, 0.2) is 175 Å². The van der Waals surface area contributed by atoms with Gasteiger partial charge in [-0.1, -0.05) is 139 Å². The van der Waals surface area contributed by atoms with E-state index in [1.807, 2.05) is 109 Å². The van der Waals surface area contributed by atoms with Gasteiger partial charge in [-0.15, -0.1) is 0 Å². The summed E-state index contributed by atoms with van der Waals surface area (Å²) in [5.74, 6) is -3.85. The number of rotatable bonds is 19. The van der Waals surface area contributed by atoms with Crippen molar-refractivity contribution in [1.82, 2.24) is 15.5 Å². The molecule has 0 radical (unpaired) electrons. The molecule has 3 unspecified atom stereocenters. The minimum absolute atomic E-state index is 0.00315. The van der Waals surface area contributed by atoms with E-state index < -0.39 is 59.1 Å². The number of carbonyl (C=O) groups is 5. The van der Waals surface area contributed by atoms with E-state index in [9.17, 15) is 39.4 Å². The Kier molecular flexibility index (Phi) is 13.9. The van der Waals surface area contributed by atoms with Crippen molar-refractivity contribution in [2.75, 3.05) is 13.2 Å². The Hall–Kier alpha value is -8.10. The highest BCUT2D eigenvalue weighted by molar-refractivity contribution is 6.45. The first kappa shape index (κ1) is 44.0. The lowest BCUT2D eigenvalue weighted by atomic mass is 9.76. The first-order valence-electron chi connectivity index (χ1n) is 20.4. The molecule has 64 heavy (non-hydrogen) atoms. The van der Waals surface area contributed by atoms with Crippen LogP contribution in [0.25, 0.3) is 0 Å². The molecule has 7 rings (SSSR count). The van der Waals surface area contributed by atoms with Gasteiger partial charge < -0.3 is 35.1 Å². The molecule has 3 atom stereocenters. The van der Waals surface area contributed by atoms with E-state index in [1.54, 1.807) is 12.1 Å². The summed E-state index contributed by atoms with van der Waals surface area (Å²) in [6, 6.07) is 46.2. The number of benzene rings is 6. The SMILES string of the molecule is O=C(Cc1ccccc1)Oc1ccc(C(C(=O)O)N2CC(NC(=O)/C(=N\O)c3ccc(OCCC(NC(c4ccccc4)(c4ccccc4)c4ccccc4)C(=O)O)cc3)C2=O)cc1. The maximum atomic E-state index is 13.2. The molecule has 0 saturated carbocycles. The fourth-order valence-corrected chi connectivity index (χ4v) is 7.69. The summed E-state index contributed by atoms with van der Waals surface area (Å²) < 4.78 is 11.3. The van der Waals surface area contributed by atoms with E-state index in [0.717, 1.165) is 27.2 Å². The zero-order chi connectivity index (χ0) is 45.1. The Morgan fingerprint density at radius 2 is 1.20 bits per heavy atom. The number of hydrogen-bond acceptors (Lipinski definition) is 10. The Balaban J connectivity index is 0.949. The van der Waals surface area contributed by atoms with Gasteiger partial charge in [0.25, 0.3) is 5.91 Å². The van der Waals surface area contributed by atoms with Crippen molar-refractivity contribution in [2.45, 2.75) is 36.5 Å². The minimum Gasteiger partial charge on any atom is -0.494 e. The third-order valence-electron chi connectivity index (χ3n) is 10.9. The van der Waals surface area contributed by atoms with Gasteiger partial charge in [0.2, 0.25) is 5.91 Å². The van der Waals surface area contributed by atoms with Gasteiger partial charge in [-0.25, -0.2) is 4.79 Å². The third-order valence-corrected chi connectivity index (χ3v) is 10.9. The van der Waals surface area contributed by atoms with Gasteiger partial charge in [-0.3, -0.25) is 24.5 Å². The lowest BCUT2D eigenvalue weighted by Gasteiger charge is -2.42. The number of esters is 1. The van der Waals surface area contributed by atoms with Crippen molar-refractivity contribution >= 4 is 35.4 Å². The zero-order valence-electron chi connectivity index (χ0n) is 34.3. The summed E-state index contributed by atoms with van der Waals surface area (Å²) >= 11 is 0. The van der Waals surface area contributed by atoms with E-state index in [1.165, 1.54) is 48.5 Å². The highest BCUT2D eigenvalue weighted by Crippen LogP contribution is 2.38. The van der Waals surface area contributed by atoms with Crippen molar-refractivity contribution in [2.24, 2.45) is 5.16 Å². The average Bonchev–Trinajstić information content (AvgIpc) is 3.32. The van der Waals surface area contributed by atoms with Crippen molar-refractivity contribution in [3.05, 3.63) is 203 Å². The summed E-state index contributed by atoms with van der Waals surface area (Å²) in [5.41, 5.74) is 2.35. The summed E-state index contributed by atoms with van der Waals surface area (Å²) in [6.07, 6.45) is 0.123. The molecule has 0 bridgehead atoms. The van der Waals surface area contributed by atoms with Crippen LogP contribution in [0, 0.1) is 0 Å². The molecule has 1 saturated heterocycles. The standard InChI is InChI=1S/C50H44N4O10/c55-43(31-33-13-5-1-6-14-33)64-40-27-23-35(24-28-40)45(49(60)61)54-32-42(47(54)57)51-46(56)44(53-62)34-21-25-39(26-22-34)63-30-29-41(48(58)59)52-50(36-15-7-2-8-16-36,37-17-9-3-10-18-37)38-19-11-4-12-20-38/h1-28,41-42,45,52,62H,29-32H2,(H,51,56)(H,58,59)(H,60,61)/b53-44-. The van der Waals surface area contributed by atoms with Crippen LogP contribution in [-0.2, 0) is 35.9 Å². The second kappa shape index (κ2) is 20.2. The molecule has 0 aromatic heterocycles. The van der Waals surface area contributed by atoms with Gasteiger partial charge >= 0.3 is 17.9 Å². The molecule has 0 spiro atoms. The highest BCUT2D eigenvalue weighted by atomic mass is 16.5. The van der Waals surface area contributed by atoms with Crippen molar-refractivity contribution in [3.63, 3.8) is 0 Å². The fraction of sp³-hybridized carbons (Fsp3) is 0.160. The molecule has 0 aliphatic carbocycles. The summed E-state index contributed by atoms with van der Waals surface area (Å²) in [7, 11) is 0. The largest absolute Gasteiger partial charge is 0.494 e. The molecule has 1 fully saturated rings. The first-order chi connectivity index (χ1) is 31.1. The maximum absolute atomic E-state index is 13.2. The molecule has 1 heterocycles. The van der Waals surface area contributed by atoms with Crippen LogP contribution in [0.5, 0.6) is 11.5 Å². The number of nitrogens with one attached hydrogen (secondary N) is 2. The van der Waals surface area contributed by atoms with E-state index in [2.05, 4.69) is 15.8 Å². The smallest absolute Gasteiger partial charge is 0.331 e. The van der Waals surface area contributed by atoms with Gasteiger partial charge in [0.05, 0.1) is 25.1 Å². The predicted octanol–water partition coefficient (Wildman–Crippen LogP) is 5.97. The van der Waals surface area contributed by atoms with Crippen LogP contribution in [-0.4, -0.2) is 81.0 Å². The highest BCUT2D eigenvalue weighted by Gasteiger charge is 2.45. The van der Waals surface area contributed by atoms with Crippen LogP contribution in [0.4, 0.5) is 0 Å². The van der Waals surface area contributed by atoms with E-state index >= 15 is 0 Å². The number of amides is 2. The normalized spacial score (nSPS) is 14.7. The number of carboxylic acid groups (broad SMARTS) is 2. The number of nitrogens with zero attached hydrogens (tertiary/aromatic N) is 2. The average molecular weight is 861 g/mol. The topological polar surface area (TPSA) is 204 Å². The third kappa shape index (κ3) is 9.99. The number of carboxylic acids is 2. The predicted molar refractivity (Wildman–Crippen MR) is 235 cm³/mol. The van der Waals surface area contributed by atoms with Crippen molar-refractivity contribution < 1.29 is 48.9 Å². The number of aliphatic carboxylic acids is 2. The second-order valence-electron chi connectivity index (χ2n) is 15.0. The number of likely N-dealkylation sites (tertiary alicyclic amines) is 1. The molecule has 6 aromatic rings. The molecule has 1 aliphatic heterocycles. The van der Waals surface area contributed by atoms with E-state index in [-0.39, 0.29) is 42.9 Å². The Labute approximate surface area is 368 Å². The Bertz CT molecular complexity index is 2500. The monoisotopic (exact) mass is 860 g/mol. The summed E-state index contributed by atoms with van der Waals surface area (Å²) in [4.78, 5) is 65.1. The van der Waals surface area contributed by atoms with Gasteiger partial charge in [-0.2, -0.15) is 0 Å². The molecular formula is C50H44N4O10.